The van der Waals surface area contributed by atoms with E-state index in [0.717, 1.165) is 0 Å². The van der Waals surface area contributed by atoms with Crippen LogP contribution in [-0.2, 0) is 0 Å². The van der Waals surface area contributed by atoms with Crippen molar-refractivity contribution < 1.29 is 5.11 Å². The van der Waals surface area contributed by atoms with Crippen LogP contribution in [0.25, 0.3) is 0 Å². The molecular formula is C5H10Cl2O. The highest BCUT2D eigenvalue weighted by Gasteiger charge is 2.16. The molecule has 0 aliphatic carbocycles. The van der Waals surface area contributed by atoms with Crippen LogP contribution in [0.3, 0.4) is 0 Å². The summed E-state index contributed by atoms with van der Waals surface area (Å²) in [5.41, 5.74) is 0. The van der Waals surface area contributed by atoms with E-state index < -0.39 is 6.10 Å². The molecule has 1 N–H and O–H groups in total. The van der Waals surface area contributed by atoms with E-state index in [1.165, 1.54) is 0 Å². The van der Waals surface area contributed by atoms with Crippen LogP contribution in [0.4, 0.5) is 0 Å². The molecule has 3 unspecified atom stereocenters. The average molecular weight is 157 g/mol. The number of halogens is 2. The van der Waals surface area contributed by atoms with Crippen LogP contribution in [0.1, 0.15) is 13.8 Å². The zero-order chi connectivity index (χ0) is 6.73. The van der Waals surface area contributed by atoms with Gasteiger partial charge < -0.3 is 5.11 Å². The van der Waals surface area contributed by atoms with Crippen molar-refractivity contribution in [2.24, 2.45) is 0 Å². The molecule has 0 saturated heterocycles. The fourth-order valence-corrected chi connectivity index (χ4v) is 0.594. The lowest BCUT2D eigenvalue weighted by molar-refractivity contribution is 0.188. The molecule has 1 nitrogen and oxygen atoms in total. The topological polar surface area (TPSA) is 20.2 Å². The third kappa shape index (κ3) is 2.75. The van der Waals surface area contributed by atoms with Gasteiger partial charge in [-0.05, 0) is 13.8 Å². The van der Waals surface area contributed by atoms with Gasteiger partial charge in [0.1, 0.15) is 0 Å². The summed E-state index contributed by atoms with van der Waals surface area (Å²) in [5, 5.41) is 8.27. The number of alkyl halides is 2. The molecule has 0 aromatic carbocycles. The van der Waals surface area contributed by atoms with Crippen molar-refractivity contribution in [3.63, 3.8) is 0 Å². The Kier molecular flexibility index (Phi) is 3.78. The number of hydrogen-bond acceptors (Lipinski definition) is 1. The van der Waals surface area contributed by atoms with Crippen molar-refractivity contribution >= 4 is 23.2 Å². The quantitative estimate of drug-likeness (QED) is 0.603. The van der Waals surface area contributed by atoms with Crippen LogP contribution in [0, 0.1) is 0 Å². The molecule has 8 heavy (non-hydrogen) atoms. The minimum atomic E-state index is -0.524. The smallest absolute Gasteiger partial charge is 0.0753 e. The second-order valence-electron chi connectivity index (χ2n) is 1.86. The van der Waals surface area contributed by atoms with Gasteiger partial charge in [-0.2, -0.15) is 0 Å². The van der Waals surface area contributed by atoms with E-state index in [1.807, 2.05) is 0 Å². The molecule has 0 saturated carbocycles. The monoisotopic (exact) mass is 156 g/mol. The maximum Gasteiger partial charge on any atom is 0.0753 e. The van der Waals surface area contributed by atoms with Gasteiger partial charge >= 0.3 is 0 Å². The fraction of sp³-hybridized carbons (Fsp3) is 1.00. The fourth-order valence-electron chi connectivity index (χ4n) is 0.384. The first-order chi connectivity index (χ1) is 3.55. The Bertz CT molecular complexity index is 55.4. The van der Waals surface area contributed by atoms with Gasteiger partial charge in [0.25, 0.3) is 0 Å². The number of hydrogen-bond donors (Lipinski definition) is 1. The van der Waals surface area contributed by atoms with Crippen molar-refractivity contribution in [3.05, 3.63) is 0 Å². The number of rotatable bonds is 2. The highest BCUT2D eigenvalue weighted by atomic mass is 35.5. The van der Waals surface area contributed by atoms with E-state index in [0.29, 0.717) is 0 Å². The van der Waals surface area contributed by atoms with Crippen LogP contribution < -0.4 is 0 Å². The molecule has 0 heterocycles. The van der Waals surface area contributed by atoms with Crippen LogP contribution in [-0.4, -0.2) is 22.0 Å². The summed E-state index contributed by atoms with van der Waals surface area (Å²) < 4.78 is 0. The van der Waals surface area contributed by atoms with E-state index in [-0.39, 0.29) is 10.8 Å². The Morgan fingerprint density at radius 1 is 1.25 bits per heavy atom. The van der Waals surface area contributed by atoms with Gasteiger partial charge in [0.05, 0.1) is 11.5 Å². The van der Waals surface area contributed by atoms with Gasteiger partial charge in [-0.1, -0.05) is 0 Å². The molecule has 0 aromatic rings. The van der Waals surface area contributed by atoms with Crippen molar-refractivity contribution in [1.82, 2.24) is 0 Å². The molecule has 0 fully saturated rings. The number of aliphatic hydroxyl groups excluding tert-OH is 1. The van der Waals surface area contributed by atoms with Crippen molar-refractivity contribution in [1.29, 1.82) is 0 Å². The molecule has 0 rings (SSSR count). The van der Waals surface area contributed by atoms with Crippen molar-refractivity contribution in [2.75, 3.05) is 0 Å². The van der Waals surface area contributed by atoms with Gasteiger partial charge in [-0.3, -0.25) is 0 Å². The van der Waals surface area contributed by atoms with E-state index in [4.69, 9.17) is 28.3 Å². The van der Waals surface area contributed by atoms with Crippen LogP contribution in [0.2, 0.25) is 0 Å². The van der Waals surface area contributed by atoms with Crippen molar-refractivity contribution in [3.8, 4) is 0 Å². The molecule has 0 bridgehead atoms. The SMILES string of the molecule is CC(O)C(Cl)C(C)Cl. The largest absolute Gasteiger partial charge is 0.392 e. The maximum atomic E-state index is 8.77. The summed E-state index contributed by atoms with van der Waals surface area (Å²) in [7, 11) is 0. The van der Waals surface area contributed by atoms with Crippen LogP contribution in [0.15, 0.2) is 0 Å². The van der Waals surface area contributed by atoms with Gasteiger partial charge in [-0.25, -0.2) is 0 Å². The predicted octanol–water partition coefficient (Wildman–Crippen LogP) is 1.60. The summed E-state index contributed by atoms with van der Waals surface area (Å²) in [4.78, 5) is 0. The van der Waals surface area contributed by atoms with Gasteiger partial charge in [0.15, 0.2) is 0 Å². The molecule has 0 amide bonds. The van der Waals surface area contributed by atoms with Gasteiger partial charge in [0.2, 0.25) is 0 Å². The Morgan fingerprint density at radius 3 is 1.62 bits per heavy atom. The Labute approximate surface area is 59.6 Å². The first-order valence-corrected chi connectivity index (χ1v) is 3.39. The lowest BCUT2D eigenvalue weighted by Gasteiger charge is -2.13. The highest BCUT2D eigenvalue weighted by Crippen LogP contribution is 2.12. The normalized spacial score (nSPS) is 22.1. The molecule has 3 heteroatoms. The Balaban J connectivity index is 3.46. The third-order valence-corrected chi connectivity index (χ3v) is 2.04. The van der Waals surface area contributed by atoms with Crippen LogP contribution in [0.5, 0.6) is 0 Å². The molecular weight excluding hydrogens is 147 g/mol. The van der Waals surface area contributed by atoms with Crippen LogP contribution >= 0.6 is 23.2 Å². The zero-order valence-corrected chi connectivity index (χ0v) is 6.45. The lowest BCUT2D eigenvalue weighted by Crippen LogP contribution is -2.24. The standard InChI is InChI=1S/C5H10Cl2O/c1-3(6)5(7)4(2)8/h3-5,8H,1-2H3. The molecule has 0 aliphatic rings. The Morgan fingerprint density at radius 2 is 1.62 bits per heavy atom. The zero-order valence-electron chi connectivity index (χ0n) is 4.94. The van der Waals surface area contributed by atoms with E-state index in [1.54, 1.807) is 13.8 Å². The second kappa shape index (κ2) is 3.54. The lowest BCUT2D eigenvalue weighted by atomic mass is 10.2. The van der Waals surface area contributed by atoms with E-state index >= 15 is 0 Å². The molecule has 0 aliphatic heterocycles. The van der Waals surface area contributed by atoms with E-state index in [9.17, 15) is 0 Å². The molecule has 0 radical (unpaired) electrons. The first kappa shape index (κ1) is 8.54. The van der Waals surface area contributed by atoms with Crippen molar-refractivity contribution in [2.45, 2.75) is 30.7 Å². The average Bonchev–Trinajstić information content (AvgIpc) is 1.64. The minimum absolute atomic E-state index is 0.170. The first-order valence-electron chi connectivity index (χ1n) is 2.52. The molecule has 3 atom stereocenters. The summed E-state index contributed by atoms with van der Waals surface area (Å²) in [5.74, 6) is 0. The minimum Gasteiger partial charge on any atom is -0.392 e. The summed E-state index contributed by atoms with van der Waals surface area (Å²) >= 11 is 11.1. The molecule has 50 valence electrons. The van der Waals surface area contributed by atoms with Gasteiger partial charge in [0, 0.05) is 5.38 Å². The molecule has 0 spiro atoms. The third-order valence-electron chi connectivity index (χ3n) is 0.900. The second-order valence-corrected chi connectivity index (χ2v) is 3.05. The molecule has 0 aromatic heterocycles. The summed E-state index contributed by atoms with van der Waals surface area (Å²) in [6, 6.07) is 0. The summed E-state index contributed by atoms with van der Waals surface area (Å²) in [6.45, 7) is 3.38. The highest BCUT2D eigenvalue weighted by molar-refractivity contribution is 6.30. The number of aliphatic hydroxyl groups is 1. The van der Waals surface area contributed by atoms with Gasteiger partial charge in [-0.15, -0.1) is 23.2 Å². The summed E-state index contributed by atoms with van der Waals surface area (Å²) in [6.07, 6.45) is -0.524. The maximum absolute atomic E-state index is 8.77. The predicted molar refractivity (Wildman–Crippen MR) is 36.6 cm³/mol. The van der Waals surface area contributed by atoms with E-state index in [2.05, 4.69) is 0 Å². The Hall–Kier alpha value is 0.540.